The van der Waals surface area contributed by atoms with E-state index in [1.165, 1.54) is 23.1 Å². The summed E-state index contributed by atoms with van der Waals surface area (Å²) in [5.41, 5.74) is 1.64. The molecule has 0 saturated carbocycles. The molecule has 1 aromatic carbocycles. The van der Waals surface area contributed by atoms with E-state index in [0.29, 0.717) is 28.0 Å². The van der Waals surface area contributed by atoms with E-state index in [9.17, 15) is 9.18 Å². The average molecular weight is 370 g/mol. The minimum absolute atomic E-state index is 0.176. The average Bonchev–Trinajstić information content (AvgIpc) is 3.35. The van der Waals surface area contributed by atoms with E-state index in [-0.39, 0.29) is 11.6 Å². The van der Waals surface area contributed by atoms with Crippen molar-refractivity contribution in [2.24, 2.45) is 0 Å². The summed E-state index contributed by atoms with van der Waals surface area (Å²) >= 11 is 1.01. The minimum Gasteiger partial charge on any atom is -0.459 e. The van der Waals surface area contributed by atoms with Crippen LogP contribution in [0.4, 0.5) is 9.52 Å². The van der Waals surface area contributed by atoms with Crippen molar-refractivity contribution < 1.29 is 13.6 Å². The van der Waals surface area contributed by atoms with E-state index in [2.05, 4.69) is 25.0 Å². The van der Waals surface area contributed by atoms with Crippen LogP contribution in [0.3, 0.4) is 0 Å². The van der Waals surface area contributed by atoms with Gasteiger partial charge in [0.1, 0.15) is 5.82 Å². The summed E-state index contributed by atoms with van der Waals surface area (Å²) in [6, 6.07) is 9.19. The summed E-state index contributed by atoms with van der Waals surface area (Å²) in [5.74, 6) is -0.286. The largest absolute Gasteiger partial charge is 0.459 e. The van der Waals surface area contributed by atoms with Crippen molar-refractivity contribution in [3.8, 4) is 17.2 Å². The number of hydrogen-bond donors (Lipinski definition) is 1. The van der Waals surface area contributed by atoms with Crippen LogP contribution in [0.5, 0.6) is 0 Å². The zero-order valence-electron chi connectivity index (χ0n) is 13.4. The van der Waals surface area contributed by atoms with Crippen molar-refractivity contribution in [3.05, 3.63) is 59.9 Å². The highest BCUT2D eigenvalue weighted by atomic mass is 32.1. The molecule has 3 aromatic heterocycles. The number of rotatable bonds is 4. The van der Waals surface area contributed by atoms with Gasteiger partial charge in [0.25, 0.3) is 5.91 Å². The molecule has 4 rings (SSSR count). The van der Waals surface area contributed by atoms with E-state index in [1.54, 1.807) is 31.2 Å². The Morgan fingerprint density at radius 3 is 2.96 bits per heavy atom. The van der Waals surface area contributed by atoms with Crippen LogP contribution >= 0.6 is 11.5 Å². The monoisotopic (exact) mass is 370 g/mol. The number of halogens is 1. The minimum atomic E-state index is -0.419. The Bertz CT molecular complexity index is 1070. The number of anilines is 1. The van der Waals surface area contributed by atoms with E-state index in [4.69, 9.17) is 4.42 Å². The lowest BCUT2D eigenvalue weighted by molar-refractivity contribution is 0.0996. The number of carbonyl (C=O) groups is 1. The first-order chi connectivity index (χ1) is 12.6. The highest BCUT2D eigenvalue weighted by Gasteiger charge is 2.18. The number of aromatic nitrogens is 5. The van der Waals surface area contributed by atoms with Gasteiger partial charge in [-0.15, -0.1) is 5.10 Å². The highest BCUT2D eigenvalue weighted by Crippen LogP contribution is 2.24. The summed E-state index contributed by atoms with van der Waals surface area (Å²) < 4.78 is 24.2. The summed E-state index contributed by atoms with van der Waals surface area (Å²) in [5, 5.41) is 11.0. The molecule has 0 bridgehead atoms. The van der Waals surface area contributed by atoms with Gasteiger partial charge in [0.2, 0.25) is 5.13 Å². The van der Waals surface area contributed by atoms with Crippen LogP contribution in [0.1, 0.15) is 16.2 Å². The van der Waals surface area contributed by atoms with Crippen molar-refractivity contribution in [2.75, 3.05) is 5.32 Å². The van der Waals surface area contributed by atoms with Crippen LogP contribution in [0, 0.1) is 12.7 Å². The van der Waals surface area contributed by atoms with Gasteiger partial charge in [0.15, 0.2) is 17.3 Å². The zero-order chi connectivity index (χ0) is 18.1. The predicted molar refractivity (Wildman–Crippen MR) is 91.6 cm³/mol. The molecule has 1 N–H and O–H groups in total. The Morgan fingerprint density at radius 2 is 2.19 bits per heavy atom. The fraction of sp³-hybridized carbons (Fsp3) is 0.0625. The Balaban J connectivity index is 1.59. The molecule has 130 valence electrons. The van der Waals surface area contributed by atoms with Gasteiger partial charge < -0.3 is 4.42 Å². The first-order valence-corrected chi connectivity index (χ1v) is 8.26. The first-order valence-electron chi connectivity index (χ1n) is 7.49. The van der Waals surface area contributed by atoms with Crippen LogP contribution in [0.2, 0.25) is 0 Å². The van der Waals surface area contributed by atoms with Crippen LogP contribution in [0.25, 0.3) is 17.2 Å². The fourth-order valence-electron chi connectivity index (χ4n) is 2.33. The predicted octanol–water partition coefficient (Wildman–Crippen LogP) is 3.08. The fourth-order valence-corrected chi connectivity index (χ4v) is 2.89. The first kappa shape index (κ1) is 16.1. The molecule has 0 saturated heterocycles. The van der Waals surface area contributed by atoms with E-state index < -0.39 is 5.91 Å². The molecule has 0 unspecified atom stereocenters. The lowest BCUT2D eigenvalue weighted by atomic mass is 10.3. The molecule has 0 aliphatic rings. The van der Waals surface area contributed by atoms with Crippen LogP contribution in [-0.4, -0.2) is 30.3 Å². The van der Waals surface area contributed by atoms with Gasteiger partial charge in [-0.2, -0.15) is 9.36 Å². The summed E-state index contributed by atoms with van der Waals surface area (Å²) in [4.78, 5) is 16.2. The molecule has 26 heavy (non-hydrogen) atoms. The van der Waals surface area contributed by atoms with Crippen molar-refractivity contribution in [1.82, 2.24) is 24.4 Å². The smallest absolute Gasteiger partial charge is 0.293 e. The summed E-state index contributed by atoms with van der Waals surface area (Å²) in [6.45, 7) is 1.78. The van der Waals surface area contributed by atoms with Gasteiger partial charge in [0.05, 0.1) is 17.6 Å². The second-order valence-electron chi connectivity index (χ2n) is 5.27. The maximum atomic E-state index is 13.4. The number of carbonyl (C=O) groups excluding carboxylic acids is 1. The summed E-state index contributed by atoms with van der Waals surface area (Å²) in [6.07, 6.45) is 1.41. The van der Waals surface area contributed by atoms with Crippen LogP contribution < -0.4 is 5.32 Å². The number of amides is 1. The molecular weight excluding hydrogens is 359 g/mol. The molecule has 8 nitrogen and oxygen atoms in total. The van der Waals surface area contributed by atoms with Gasteiger partial charge >= 0.3 is 0 Å². The third-order valence-electron chi connectivity index (χ3n) is 3.55. The maximum Gasteiger partial charge on any atom is 0.293 e. The summed E-state index contributed by atoms with van der Waals surface area (Å²) in [7, 11) is 0. The highest BCUT2D eigenvalue weighted by molar-refractivity contribution is 7.10. The third kappa shape index (κ3) is 2.97. The Morgan fingerprint density at radius 1 is 1.31 bits per heavy atom. The number of benzene rings is 1. The van der Waals surface area contributed by atoms with Crippen molar-refractivity contribution >= 4 is 22.6 Å². The number of furan rings is 1. The van der Waals surface area contributed by atoms with Gasteiger partial charge in [-0.05, 0) is 37.3 Å². The number of nitrogens with zero attached hydrogens (tertiary/aromatic N) is 5. The molecule has 3 heterocycles. The SMILES string of the molecule is Cc1c(-c2nsc(NC(=O)c3ccco3)n2)nnn1-c1cccc(F)c1. The molecular formula is C16H11FN6O2S. The second-order valence-corrected chi connectivity index (χ2v) is 6.02. The van der Waals surface area contributed by atoms with Crippen molar-refractivity contribution in [1.29, 1.82) is 0 Å². The normalized spacial score (nSPS) is 10.8. The van der Waals surface area contributed by atoms with Crippen molar-refractivity contribution in [2.45, 2.75) is 6.92 Å². The zero-order valence-corrected chi connectivity index (χ0v) is 14.2. The van der Waals surface area contributed by atoms with E-state index in [1.807, 2.05) is 0 Å². The maximum absolute atomic E-state index is 13.4. The molecule has 0 radical (unpaired) electrons. The topological polar surface area (TPSA) is 98.7 Å². The van der Waals surface area contributed by atoms with Gasteiger partial charge in [-0.1, -0.05) is 11.3 Å². The second kappa shape index (κ2) is 6.48. The molecule has 0 atom stereocenters. The van der Waals surface area contributed by atoms with Gasteiger partial charge in [-0.3, -0.25) is 10.1 Å². The van der Waals surface area contributed by atoms with Crippen LogP contribution in [-0.2, 0) is 0 Å². The lowest BCUT2D eigenvalue weighted by Crippen LogP contribution is -2.10. The van der Waals surface area contributed by atoms with E-state index in [0.717, 1.165) is 11.5 Å². The van der Waals surface area contributed by atoms with Gasteiger partial charge in [-0.25, -0.2) is 9.07 Å². The molecule has 0 aliphatic heterocycles. The standard InChI is InChI=1S/C16H11FN6O2S/c1-9-13(20-22-23(9)11-5-2-4-10(17)8-11)14-18-16(26-21-14)19-15(24)12-6-3-7-25-12/h2-8H,1H3,(H,18,19,21,24). The quantitative estimate of drug-likeness (QED) is 0.593. The molecule has 0 fully saturated rings. The Labute approximate surface area is 150 Å². The molecule has 4 aromatic rings. The van der Waals surface area contributed by atoms with E-state index >= 15 is 0 Å². The van der Waals surface area contributed by atoms with Crippen LogP contribution in [0.15, 0.2) is 47.1 Å². The number of hydrogen-bond acceptors (Lipinski definition) is 7. The Hall–Kier alpha value is -3.40. The number of nitrogens with one attached hydrogen (secondary N) is 1. The van der Waals surface area contributed by atoms with Gasteiger partial charge in [0, 0.05) is 11.5 Å². The molecule has 1 amide bonds. The molecule has 0 aliphatic carbocycles. The molecule has 10 heteroatoms. The third-order valence-corrected chi connectivity index (χ3v) is 4.18. The lowest BCUT2D eigenvalue weighted by Gasteiger charge is -2.02. The molecule has 0 spiro atoms. The Kier molecular flexibility index (Phi) is 4.01. The van der Waals surface area contributed by atoms with Crippen molar-refractivity contribution in [3.63, 3.8) is 0 Å².